The van der Waals surface area contributed by atoms with Gasteiger partial charge >= 0.3 is 0 Å². The average molecular weight is 277 g/mol. The van der Waals surface area contributed by atoms with E-state index in [9.17, 15) is 10.1 Å². The van der Waals surface area contributed by atoms with Crippen LogP contribution in [0.5, 0.6) is 0 Å². The molecule has 0 saturated carbocycles. The molecule has 2 N–H and O–H groups in total. The average Bonchev–Trinajstić information content (AvgIpc) is 2.29. The Hall–Kier alpha value is -0.840. The molecule has 2 unspecified atom stereocenters. The van der Waals surface area contributed by atoms with Crippen molar-refractivity contribution in [2.24, 2.45) is 5.73 Å². The summed E-state index contributed by atoms with van der Waals surface area (Å²) in [5.74, 6) is -0.143. The number of benzene rings is 1. The lowest BCUT2D eigenvalue weighted by Gasteiger charge is -2.19. The van der Waals surface area contributed by atoms with E-state index in [0.717, 1.165) is 6.42 Å². The summed E-state index contributed by atoms with van der Waals surface area (Å²) in [6.45, 7) is 3.78. The molecule has 0 heterocycles. The van der Waals surface area contributed by atoms with Crippen molar-refractivity contribution in [1.29, 1.82) is 0 Å². The molecule has 0 aliphatic carbocycles. The first-order valence-corrected chi connectivity index (χ1v) is 6.03. The third-order valence-corrected chi connectivity index (χ3v) is 3.59. The fraction of sp³-hybridized carbons (Fsp3) is 0.455. The highest BCUT2D eigenvalue weighted by atomic mass is 35.5. The fourth-order valence-electron chi connectivity index (χ4n) is 1.66. The summed E-state index contributed by atoms with van der Waals surface area (Å²) >= 11 is 11.7. The second kappa shape index (κ2) is 5.67. The van der Waals surface area contributed by atoms with Gasteiger partial charge in [0.05, 0.1) is 15.0 Å². The molecule has 0 fully saturated rings. The molecule has 1 rings (SSSR count). The molecular weight excluding hydrogens is 263 g/mol. The van der Waals surface area contributed by atoms with Gasteiger partial charge in [0, 0.05) is 23.6 Å². The van der Waals surface area contributed by atoms with Gasteiger partial charge in [-0.15, -0.1) is 0 Å². The summed E-state index contributed by atoms with van der Waals surface area (Å²) in [7, 11) is 0. The number of nitro benzene ring substituents is 1. The predicted molar refractivity (Wildman–Crippen MR) is 69.8 cm³/mol. The molecule has 1 aromatic carbocycles. The number of nitrogens with zero attached hydrogens (tertiary/aromatic N) is 1. The summed E-state index contributed by atoms with van der Waals surface area (Å²) in [6, 6.07) is 2.66. The molecule has 94 valence electrons. The molecule has 0 aliphatic heterocycles. The number of hydrogen-bond acceptors (Lipinski definition) is 3. The molecule has 2 atom stereocenters. The highest BCUT2D eigenvalue weighted by Crippen LogP contribution is 2.35. The first-order chi connectivity index (χ1) is 7.88. The Bertz CT molecular complexity index is 438. The van der Waals surface area contributed by atoms with Crippen molar-refractivity contribution in [3.63, 3.8) is 0 Å². The van der Waals surface area contributed by atoms with Crippen LogP contribution in [-0.2, 0) is 0 Å². The van der Waals surface area contributed by atoms with E-state index in [1.54, 1.807) is 0 Å². The van der Waals surface area contributed by atoms with Crippen LogP contribution in [0.15, 0.2) is 12.1 Å². The molecule has 0 bridgehead atoms. The molecule has 0 spiro atoms. The summed E-state index contributed by atoms with van der Waals surface area (Å²) in [6.07, 6.45) is 0.735. The van der Waals surface area contributed by atoms with Crippen LogP contribution in [0, 0.1) is 10.1 Å². The Kier molecular flexibility index (Phi) is 4.74. The fourth-order valence-corrected chi connectivity index (χ4v) is 1.99. The highest BCUT2D eigenvalue weighted by Gasteiger charge is 2.24. The van der Waals surface area contributed by atoms with Gasteiger partial charge in [0.25, 0.3) is 5.69 Å². The summed E-state index contributed by atoms with van der Waals surface area (Å²) in [5, 5.41) is 11.5. The van der Waals surface area contributed by atoms with Crippen LogP contribution in [-0.4, -0.2) is 11.0 Å². The Balaban J connectivity index is 3.30. The van der Waals surface area contributed by atoms with Gasteiger partial charge in [-0.2, -0.15) is 0 Å². The van der Waals surface area contributed by atoms with Gasteiger partial charge in [0.2, 0.25) is 0 Å². The smallest absolute Gasteiger partial charge is 0.274 e. The Labute approximate surface area is 110 Å². The van der Waals surface area contributed by atoms with Crippen molar-refractivity contribution in [1.82, 2.24) is 0 Å². The van der Waals surface area contributed by atoms with Crippen molar-refractivity contribution >= 4 is 28.9 Å². The lowest BCUT2D eigenvalue weighted by atomic mass is 9.91. The molecule has 1 aromatic rings. The van der Waals surface area contributed by atoms with E-state index in [1.807, 2.05) is 13.8 Å². The van der Waals surface area contributed by atoms with Gasteiger partial charge in [0.15, 0.2) is 0 Å². The normalized spacial score (nSPS) is 14.4. The van der Waals surface area contributed by atoms with Crippen molar-refractivity contribution in [2.75, 3.05) is 0 Å². The van der Waals surface area contributed by atoms with E-state index in [2.05, 4.69) is 0 Å². The minimum atomic E-state index is -0.462. The number of halogens is 2. The van der Waals surface area contributed by atoms with Crippen LogP contribution >= 0.6 is 23.2 Å². The van der Waals surface area contributed by atoms with Crippen LogP contribution in [0.2, 0.25) is 10.0 Å². The lowest BCUT2D eigenvalue weighted by molar-refractivity contribution is -0.385. The zero-order valence-electron chi connectivity index (χ0n) is 9.61. The molecular formula is C11H14Cl2N2O2. The third-order valence-electron chi connectivity index (χ3n) is 2.87. The van der Waals surface area contributed by atoms with E-state index < -0.39 is 4.92 Å². The van der Waals surface area contributed by atoms with Crippen molar-refractivity contribution < 1.29 is 4.92 Å². The number of nitro groups is 1. The van der Waals surface area contributed by atoms with Gasteiger partial charge in [0.1, 0.15) is 0 Å². The Morgan fingerprint density at radius 1 is 1.41 bits per heavy atom. The summed E-state index contributed by atoms with van der Waals surface area (Å²) in [5.41, 5.74) is 6.40. The van der Waals surface area contributed by atoms with Crippen LogP contribution in [0.1, 0.15) is 31.7 Å². The molecule has 0 aromatic heterocycles. The summed E-state index contributed by atoms with van der Waals surface area (Å²) in [4.78, 5) is 10.5. The van der Waals surface area contributed by atoms with Crippen molar-refractivity contribution in [3.05, 3.63) is 37.9 Å². The van der Waals surface area contributed by atoms with E-state index in [0.29, 0.717) is 10.6 Å². The zero-order chi connectivity index (χ0) is 13.2. The monoisotopic (exact) mass is 276 g/mol. The largest absolute Gasteiger partial charge is 0.327 e. The molecule has 0 aliphatic rings. The zero-order valence-corrected chi connectivity index (χ0v) is 11.1. The van der Waals surface area contributed by atoms with Gasteiger partial charge in [-0.25, -0.2) is 0 Å². The van der Waals surface area contributed by atoms with Gasteiger partial charge in [-0.1, -0.05) is 37.0 Å². The van der Waals surface area contributed by atoms with Gasteiger partial charge < -0.3 is 5.73 Å². The SMILES string of the molecule is CCC(N)C(C)c1cc(Cl)c(Cl)cc1[N+](=O)[O-]. The Morgan fingerprint density at radius 3 is 2.41 bits per heavy atom. The maximum atomic E-state index is 11.0. The molecule has 0 amide bonds. The topological polar surface area (TPSA) is 69.2 Å². The first kappa shape index (κ1) is 14.2. The van der Waals surface area contributed by atoms with E-state index in [1.165, 1.54) is 12.1 Å². The van der Waals surface area contributed by atoms with E-state index in [-0.39, 0.29) is 22.7 Å². The maximum absolute atomic E-state index is 11.0. The van der Waals surface area contributed by atoms with Crippen LogP contribution in [0.3, 0.4) is 0 Å². The van der Waals surface area contributed by atoms with E-state index in [4.69, 9.17) is 28.9 Å². The number of hydrogen-bond donors (Lipinski definition) is 1. The van der Waals surface area contributed by atoms with Crippen LogP contribution < -0.4 is 5.73 Å². The molecule has 0 radical (unpaired) electrons. The predicted octanol–water partition coefficient (Wildman–Crippen LogP) is 3.74. The second-order valence-electron chi connectivity index (χ2n) is 3.94. The minimum absolute atomic E-state index is 0.0317. The molecule has 4 nitrogen and oxygen atoms in total. The lowest BCUT2D eigenvalue weighted by Crippen LogP contribution is -2.26. The second-order valence-corrected chi connectivity index (χ2v) is 4.76. The van der Waals surface area contributed by atoms with E-state index >= 15 is 0 Å². The quantitative estimate of drug-likeness (QED) is 0.673. The third kappa shape index (κ3) is 3.09. The van der Waals surface area contributed by atoms with Crippen molar-refractivity contribution in [2.45, 2.75) is 32.2 Å². The number of nitrogens with two attached hydrogens (primary N) is 1. The Morgan fingerprint density at radius 2 is 1.94 bits per heavy atom. The maximum Gasteiger partial charge on any atom is 0.274 e. The number of rotatable bonds is 4. The minimum Gasteiger partial charge on any atom is -0.327 e. The van der Waals surface area contributed by atoms with Crippen LogP contribution in [0.4, 0.5) is 5.69 Å². The standard InChI is InChI=1S/C11H14Cl2N2O2/c1-3-10(14)6(2)7-4-8(12)9(13)5-11(7)15(16)17/h4-6,10H,3,14H2,1-2H3. The molecule has 0 saturated heterocycles. The highest BCUT2D eigenvalue weighted by molar-refractivity contribution is 6.42. The van der Waals surface area contributed by atoms with Crippen LogP contribution in [0.25, 0.3) is 0 Å². The molecule has 6 heteroatoms. The van der Waals surface area contributed by atoms with Crippen molar-refractivity contribution in [3.8, 4) is 0 Å². The molecule has 17 heavy (non-hydrogen) atoms. The summed E-state index contributed by atoms with van der Waals surface area (Å²) < 4.78 is 0. The van der Waals surface area contributed by atoms with Gasteiger partial charge in [-0.3, -0.25) is 10.1 Å². The first-order valence-electron chi connectivity index (χ1n) is 5.27. The van der Waals surface area contributed by atoms with Gasteiger partial charge in [-0.05, 0) is 12.5 Å².